The third-order valence-corrected chi connectivity index (χ3v) is 4.35. The molecule has 1 atom stereocenters. The number of hydrogen-bond acceptors (Lipinski definition) is 2. The molecule has 1 aromatic carbocycles. The largest absolute Gasteiger partial charge is 0.399 e. The summed E-state index contributed by atoms with van der Waals surface area (Å²) in [5.41, 5.74) is 7.95. The summed E-state index contributed by atoms with van der Waals surface area (Å²) in [5, 5.41) is 0. The molecule has 1 fully saturated rings. The van der Waals surface area contributed by atoms with E-state index in [1.54, 1.807) is 0 Å². The van der Waals surface area contributed by atoms with E-state index in [0.29, 0.717) is 6.04 Å². The van der Waals surface area contributed by atoms with Crippen LogP contribution >= 0.6 is 0 Å². The smallest absolute Gasteiger partial charge is 0.0316 e. The van der Waals surface area contributed by atoms with E-state index in [-0.39, 0.29) is 0 Å². The summed E-state index contributed by atoms with van der Waals surface area (Å²) in [4.78, 5) is 2.49. The minimum Gasteiger partial charge on any atom is -0.399 e. The number of hydrogen-bond donors (Lipinski definition) is 1. The molecule has 0 aromatic heterocycles. The van der Waals surface area contributed by atoms with Gasteiger partial charge in [-0.25, -0.2) is 0 Å². The van der Waals surface area contributed by atoms with E-state index in [1.807, 2.05) is 12.1 Å². The van der Waals surface area contributed by atoms with Crippen LogP contribution in [-0.4, -0.2) is 18.5 Å². The monoisotopic (exact) mass is 246 g/mol. The highest BCUT2D eigenvalue weighted by atomic mass is 15.1. The third-order valence-electron chi connectivity index (χ3n) is 4.35. The molecule has 2 nitrogen and oxygen atoms in total. The van der Waals surface area contributed by atoms with Crippen LogP contribution in [0.15, 0.2) is 24.3 Å². The molecule has 0 saturated heterocycles. The lowest BCUT2D eigenvalue weighted by Crippen LogP contribution is -2.29. The first kappa shape index (κ1) is 13.4. The molecule has 0 aliphatic heterocycles. The quantitative estimate of drug-likeness (QED) is 0.818. The van der Waals surface area contributed by atoms with Crippen LogP contribution in [0.1, 0.15) is 50.6 Å². The van der Waals surface area contributed by atoms with Gasteiger partial charge in [0.15, 0.2) is 0 Å². The normalized spacial score (nSPS) is 19.1. The zero-order valence-electron chi connectivity index (χ0n) is 11.7. The fourth-order valence-electron chi connectivity index (χ4n) is 2.96. The molecule has 1 aliphatic rings. The highest BCUT2D eigenvalue weighted by Gasteiger charge is 2.18. The van der Waals surface area contributed by atoms with E-state index in [9.17, 15) is 0 Å². The van der Waals surface area contributed by atoms with Gasteiger partial charge in [-0.3, -0.25) is 4.90 Å². The number of anilines is 1. The van der Waals surface area contributed by atoms with Crippen LogP contribution in [0.25, 0.3) is 0 Å². The Morgan fingerprint density at radius 1 is 1.17 bits per heavy atom. The first-order chi connectivity index (χ1) is 8.66. The molecule has 0 heterocycles. The molecule has 1 unspecified atom stereocenters. The first-order valence-electron chi connectivity index (χ1n) is 7.22. The van der Waals surface area contributed by atoms with Crippen molar-refractivity contribution in [2.45, 2.75) is 45.1 Å². The van der Waals surface area contributed by atoms with Gasteiger partial charge in [-0.2, -0.15) is 0 Å². The zero-order chi connectivity index (χ0) is 13.0. The van der Waals surface area contributed by atoms with Crippen LogP contribution in [0.4, 0.5) is 5.69 Å². The van der Waals surface area contributed by atoms with Crippen molar-refractivity contribution in [2.24, 2.45) is 5.92 Å². The molecule has 18 heavy (non-hydrogen) atoms. The van der Waals surface area contributed by atoms with Gasteiger partial charge in [-0.1, -0.05) is 31.4 Å². The SMILES string of the molecule is CC(c1ccc(N)cc1)N(C)CC1CCCCC1. The zero-order valence-corrected chi connectivity index (χ0v) is 11.7. The molecule has 1 aromatic rings. The minimum atomic E-state index is 0.479. The van der Waals surface area contributed by atoms with Crippen molar-refractivity contribution in [3.63, 3.8) is 0 Å². The number of nitrogen functional groups attached to an aromatic ring is 1. The van der Waals surface area contributed by atoms with Gasteiger partial charge in [-0.15, -0.1) is 0 Å². The molecule has 2 rings (SSSR count). The van der Waals surface area contributed by atoms with Crippen LogP contribution in [0.5, 0.6) is 0 Å². The van der Waals surface area contributed by atoms with Gasteiger partial charge in [0.2, 0.25) is 0 Å². The number of rotatable bonds is 4. The maximum Gasteiger partial charge on any atom is 0.0316 e. The van der Waals surface area contributed by atoms with Crippen LogP contribution in [-0.2, 0) is 0 Å². The molecule has 100 valence electrons. The maximum absolute atomic E-state index is 5.74. The Bertz CT molecular complexity index is 352. The number of nitrogens with zero attached hydrogens (tertiary/aromatic N) is 1. The van der Waals surface area contributed by atoms with Crippen molar-refractivity contribution in [2.75, 3.05) is 19.3 Å². The van der Waals surface area contributed by atoms with Gasteiger partial charge >= 0.3 is 0 Å². The van der Waals surface area contributed by atoms with Gasteiger partial charge in [0.25, 0.3) is 0 Å². The van der Waals surface area contributed by atoms with Crippen molar-refractivity contribution in [1.82, 2.24) is 4.90 Å². The summed E-state index contributed by atoms with van der Waals surface area (Å²) in [6.07, 6.45) is 7.12. The topological polar surface area (TPSA) is 29.3 Å². The van der Waals surface area contributed by atoms with Gasteiger partial charge < -0.3 is 5.73 Å². The predicted molar refractivity (Wildman–Crippen MR) is 78.5 cm³/mol. The van der Waals surface area contributed by atoms with Crippen molar-refractivity contribution in [3.05, 3.63) is 29.8 Å². The molecular weight excluding hydrogens is 220 g/mol. The summed E-state index contributed by atoms with van der Waals surface area (Å²) < 4.78 is 0. The molecule has 0 spiro atoms. The summed E-state index contributed by atoms with van der Waals surface area (Å²) >= 11 is 0. The Labute approximate surface area is 111 Å². The van der Waals surface area contributed by atoms with Gasteiger partial charge in [0, 0.05) is 18.3 Å². The van der Waals surface area contributed by atoms with Crippen molar-refractivity contribution in [3.8, 4) is 0 Å². The molecule has 0 amide bonds. The van der Waals surface area contributed by atoms with Crippen LogP contribution in [0.2, 0.25) is 0 Å². The summed E-state index contributed by atoms with van der Waals surface area (Å²) in [5.74, 6) is 0.903. The van der Waals surface area contributed by atoms with Crippen LogP contribution < -0.4 is 5.73 Å². The van der Waals surface area contributed by atoms with Crippen molar-refractivity contribution < 1.29 is 0 Å². The van der Waals surface area contributed by atoms with Gasteiger partial charge in [0.1, 0.15) is 0 Å². The predicted octanol–water partition coefficient (Wildman–Crippen LogP) is 3.84. The summed E-state index contributed by atoms with van der Waals surface area (Å²) in [7, 11) is 2.25. The van der Waals surface area contributed by atoms with E-state index in [1.165, 1.54) is 44.2 Å². The second-order valence-corrected chi connectivity index (χ2v) is 5.79. The molecule has 0 radical (unpaired) electrons. The maximum atomic E-state index is 5.74. The molecular formula is C16H26N2. The lowest BCUT2D eigenvalue weighted by atomic mass is 9.88. The molecule has 2 heteroatoms. The molecule has 0 bridgehead atoms. The highest BCUT2D eigenvalue weighted by Crippen LogP contribution is 2.27. The van der Waals surface area contributed by atoms with E-state index >= 15 is 0 Å². The van der Waals surface area contributed by atoms with Crippen LogP contribution in [0.3, 0.4) is 0 Å². The lowest BCUT2D eigenvalue weighted by molar-refractivity contribution is 0.192. The molecule has 1 aliphatic carbocycles. The van der Waals surface area contributed by atoms with Gasteiger partial charge in [0.05, 0.1) is 0 Å². The Morgan fingerprint density at radius 2 is 1.78 bits per heavy atom. The second kappa shape index (κ2) is 6.24. The third kappa shape index (κ3) is 3.49. The van der Waals surface area contributed by atoms with Crippen LogP contribution in [0, 0.1) is 5.92 Å². The molecule has 2 N–H and O–H groups in total. The first-order valence-corrected chi connectivity index (χ1v) is 7.22. The fourth-order valence-corrected chi connectivity index (χ4v) is 2.96. The minimum absolute atomic E-state index is 0.479. The average Bonchev–Trinajstić information content (AvgIpc) is 2.40. The summed E-state index contributed by atoms with van der Waals surface area (Å²) in [6, 6.07) is 8.78. The Morgan fingerprint density at radius 3 is 2.39 bits per heavy atom. The Kier molecular flexibility index (Phi) is 4.65. The number of benzene rings is 1. The highest BCUT2D eigenvalue weighted by molar-refractivity contribution is 5.40. The van der Waals surface area contributed by atoms with E-state index in [0.717, 1.165) is 11.6 Å². The second-order valence-electron chi connectivity index (χ2n) is 5.79. The van der Waals surface area contributed by atoms with Crippen molar-refractivity contribution in [1.29, 1.82) is 0 Å². The van der Waals surface area contributed by atoms with E-state index in [4.69, 9.17) is 5.73 Å². The van der Waals surface area contributed by atoms with E-state index < -0.39 is 0 Å². The lowest BCUT2D eigenvalue weighted by Gasteiger charge is -2.31. The Balaban J connectivity index is 1.91. The summed E-state index contributed by atoms with van der Waals surface area (Å²) in [6.45, 7) is 3.51. The van der Waals surface area contributed by atoms with E-state index in [2.05, 4.69) is 31.0 Å². The Hall–Kier alpha value is -1.02. The fraction of sp³-hybridized carbons (Fsp3) is 0.625. The average molecular weight is 246 g/mol. The van der Waals surface area contributed by atoms with Gasteiger partial charge in [-0.05, 0) is 50.4 Å². The standard InChI is InChI=1S/C16H26N2/c1-13(15-8-10-16(17)11-9-15)18(2)12-14-6-4-3-5-7-14/h8-11,13-14H,3-7,12,17H2,1-2H3. The number of nitrogens with two attached hydrogens (primary N) is 1. The van der Waals surface area contributed by atoms with Crippen molar-refractivity contribution >= 4 is 5.69 Å². The molecule has 1 saturated carbocycles.